The van der Waals surface area contributed by atoms with Crippen molar-refractivity contribution in [1.29, 1.82) is 0 Å². The van der Waals surface area contributed by atoms with Crippen LogP contribution in [0.2, 0.25) is 0 Å². The number of rotatable bonds is 8. The maximum atomic E-state index is 12.4. The molecule has 1 heterocycles. The molecular weight excluding hydrogens is 316 g/mol. The standard InChI is InChI=1S/C19H30N4O2/c1-3-23(17-8-4-6-15(2)12-17)11-9-21-19(25)16-7-5-10-22(13-16)14-18(20)24/h4,6,8,12,16H,3,5,7,9-11,13-14H2,1-2H3,(H2,20,24)(H,21,25)/t16-/m0/s1. The van der Waals surface area contributed by atoms with Crippen molar-refractivity contribution >= 4 is 17.5 Å². The highest BCUT2D eigenvalue weighted by Gasteiger charge is 2.26. The number of amides is 2. The number of benzene rings is 1. The van der Waals surface area contributed by atoms with E-state index in [0.29, 0.717) is 13.1 Å². The van der Waals surface area contributed by atoms with Gasteiger partial charge in [-0.25, -0.2) is 0 Å². The van der Waals surface area contributed by atoms with Crippen LogP contribution in [0.5, 0.6) is 0 Å². The van der Waals surface area contributed by atoms with Gasteiger partial charge in [0, 0.05) is 31.9 Å². The second-order valence-electron chi connectivity index (χ2n) is 6.75. The molecule has 1 atom stereocenters. The van der Waals surface area contributed by atoms with Crippen LogP contribution in [-0.2, 0) is 9.59 Å². The average Bonchev–Trinajstić information content (AvgIpc) is 2.58. The first-order valence-corrected chi connectivity index (χ1v) is 9.09. The number of carbonyl (C=O) groups excluding carboxylic acids is 2. The molecule has 1 fully saturated rings. The molecule has 0 unspecified atom stereocenters. The fraction of sp³-hybridized carbons (Fsp3) is 0.579. The van der Waals surface area contributed by atoms with E-state index in [1.165, 1.54) is 11.3 Å². The van der Waals surface area contributed by atoms with E-state index in [-0.39, 0.29) is 24.3 Å². The molecule has 138 valence electrons. The number of hydrogen-bond donors (Lipinski definition) is 2. The third-order valence-electron chi connectivity index (χ3n) is 4.69. The summed E-state index contributed by atoms with van der Waals surface area (Å²) in [6.45, 7) is 8.19. The Morgan fingerprint density at radius 1 is 1.40 bits per heavy atom. The number of hydrogen-bond acceptors (Lipinski definition) is 4. The molecular formula is C19H30N4O2. The van der Waals surface area contributed by atoms with E-state index in [0.717, 1.165) is 32.5 Å². The number of primary amides is 1. The Balaban J connectivity index is 1.79. The molecule has 1 aromatic rings. The summed E-state index contributed by atoms with van der Waals surface area (Å²) in [5, 5.41) is 3.05. The zero-order chi connectivity index (χ0) is 18.2. The monoisotopic (exact) mass is 346 g/mol. The summed E-state index contributed by atoms with van der Waals surface area (Å²) in [7, 11) is 0. The smallest absolute Gasteiger partial charge is 0.231 e. The minimum Gasteiger partial charge on any atom is -0.370 e. The topological polar surface area (TPSA) is 78.7 Å². The predicted molar refractivity (Wildman–Crippen MR) is 100 cm³/mol. The summed E-state index contributed by atoms with van der Waals surface area (Å²) in [6, 6.07) is 8.40. The van der Waals surface area contributed by atoms with Crippen LogP contribution >= 0.6 is 0 Å². The molecule has 2 rings (SSSR count). The van der Waals surface area contributed by atoms with Gasteiger partial charge in [0.1, 0.15) is 0 Å². The third-order valence-corrected chi connectivity index (χ3v) is 4.69. The highest BCUT2D eigenvalue weighted by molar-refractivity contribution is 5.79. The van der Waals surface area contributed by atoms with Gasteiger partial charge in [0.25, 0.3) is 0 Å². The SMILES string of the molecule is CCN(CCNC(=O)[C@H]1CCCN(CC(N)=O)C1)c1cccc(C)c1. The lowest BCUT2D eigenvalue weighted by Crippen LogP contribution is -2.46. The van der Waals surface area contributed by atoms with Crippen molar-refractivity contribution < 1.29 is 9.59 Å². The van der Waals surface area contributed by atoms with Crippen molar-refractivity contribution in [2.45, 2.75) is 26.7 Å². The van der Waals surface area contributed by atoms with Crippen molar-refractivity contribution in [2.24, 2.45) is 11.7 Å². The van der Waals surface area contributed by atoms with E-state index in [9.17, 15) is 9.59 Å². The second kappa shape index (κ2) is 9.42. The normalized spacial score (nSPS) is 17.9. The lowest BCUT2D eigenvalue weighted by atomic mass is 9.97. The molecule has 0 spiro atoms. The van der Waals surface area contributed by atoms with Gasteiger partial charge < -0.3 is 16.0 Å². The third kappa shape index (κ3) is 6.05. The summed E-state index contributed by atoms with van der Waals surface area (Å²) in [5.74, 6) is -0.311. The maximum absolute atomic E-state index is 12.4. The fourth-order valence-corrected chi connectivity index (χ4v) is 3.39. The van der Waals surface area contributed by atoms with E-state index < -0.39 is 0 Å². The van der Waals surface area contributed by atoms with Crippen molar-refractivity contribution in [3.63, 3.8) is 0 Å². The molecule has 6 heteroatoms. The van der Waals surface area contributed by atoms with Crippen molar-refractivity contribution in [1.82, 2.24) is 10.2 Å². The van der Waals surface area contributed by atoms with Crippen molar-refractivity contribution in [3.8, 4) is 0 Å². The molecule has 1 aliphatic heterocycles. The Morgan fingerprint density at radius 2 is 2.20 bits per heavy atom. The molecule has 3 N–H and O–H groups in total. The molecule has 0 aromatic heterocycles. The van der Waals surface area contributed by atoms with Gasteiger partial charge >= 0.3 is 0 Å². The molecule has 6 nitrogen and oxygen atoms in total. The number of likely N-dealkylation sites (tertiary alicyclic amines) is 1. The van der Waals surface area contributed by atoms with Crippen LogP contribution < -0.4 is 16.0 Å². The van der Waals surface area contributed by atoms with Gasteiger partial charge in [-0.05, 0) is 50.9 Å². The Morgan fingerprint density at radius 3 is 2.88 bits per heavy atom. The molecule has 25 heavy (non-hydrogen) atoms. The van der Waals surface area contributed by atoms with Crippen LogP contribution in [-0.4, -0.2) is 56.0 Å². The Bertz CT molecular complexity index is 591. The Kier molecular flexibility index (Phi) is 7.25. The highest BCUT2D eigenvalue weighted by atomic mass is 16.2. The van der Waals surface area contributed by atoms with Gasteiger partial charge in [-0.15, -0.1) is 0 Å². The molecule has 0 saturated carbocycles. The number of nitrogens with one attached hydrogen (secondary N) is 1. The Hall–Kier alpha value is -2.08. The van der Waals surface area contributed by atoms with Gasteiger partial charge in [0.2, 0.25) is 11.8 Å². The van der Waals surface area contributed by atoms with Crippen LogP contribution in [0.25, 0.3) is 0 Å². The molecule has 0 bridgehead atoms. The highest BCUT2D eigenvalue weighted by Crippen LogP contribution is 2.17. The number of likely N-dealkylation sites (N-methyl/N-ethyl adjacent to an activating group) is 1. The minimum atomic E-state index is -0.335. The quantitative estimate of drug-likeness (QED) is 0.740. The first kappa shape index (κ1) is 19.2. The van der Waals surface area contributed by atoms with Gasteiger partial charge in [-0.3, -0.25) is 14.5 Å². The van der Waals surface area contributed by atoms with E-state index in [2.05, 4.69) is 48.3 Å². The summed E-state index contributed by atoms with van der Waals surface area (Å²) < 4.78 is 0. The van der Waals surface area contributed by atoms with Crippen LogP contribution in [0.1, 0.15) is 25.3 Å². The fourth-order valence-electron chi connectivity index (χ4n) is 3.39. The number of aryl methyl sites for hydroxylation is 1. The number of anilines is 1. The molecule has 0 aliphatic carbocycles. The molecule has 0 radical (unpaired) electrons. The number of nitrogens with zero attached hydrogens (tertiary/aromatic N) is 2. The van der Waals surface area contributed by atoms with Crippen LogP contribution in [0.15, 0.2) is 24.3 Å². The first-order valence-electron chi connectivity index (χ1n) is 9.09. The van der Waals surface area contributed by atoms with Crippen molar-refractivity contribution in [3.05, 3.63) is 29.8 Å². The van der Waals surface area contributed by atoms with Crippen LogP contribution in [0.4, 0.5) is 5.69 Å². The molecule has 2 amide bonds. The van der Waals surface area contributed by atoms with Gasteiger partial charge in [0.05, 0.1) is 12.5 Å². The second-order valence-corrected chi connectivity index (χ2v) is 6.75. The lowest BCUT2D eigenvalue weighted by molar-refractivity contribution is -0.128. The van der Waals surface area contributed by atoms with Gasteiger partial charge in [-0.1, -0.05) is 12.1 Å². The van der Waals surface area contributed by atoms with Crippen molar-refractivity contribution in [2.75, 3.05) is 44.2 Å². The minimum absolute atomic E-state index is 0.0536. The van der Waals surface area contributed by atoms with Gasteiger partial charge in [-0.2, -0.15) is 0 Å². The summed E-state index contributed by atoms with van der Waals surface area (Å²) in [4.78, 5) is 27.7. The zero-order valence-electron chi connectivity index (χ0n) is 15.3. The number of nitrogens with two attached hydrogens (primary N) is 1. The lowest BCUT2D eigenvalue weighted by Gasteiger charge is -2.31. The van der Waals surface area contributed by atoms with Crippen LogP contribution in [0, 0.1) is 12.8 Å². The molecule has 1 saturated heterocycles. The number of piperidine rings is 1. The molecule has 1 aromatic carbocycles. The zero-order valence-corrected chi connectivity index (χ0v) is 15.3. The summed E-state index contributed by atoms with van der Waals surface area (Å²) in [6.07, 6.45) is 1.80. The van der Waals surface area contributed by atoms with E-state index in [1.54, 1.807) is 0 Å². The predicted octanol–water partition coefficient (Wildman–Crippen LogP) is 1.13. The van der Waals surface area contributed by atoms with E-state index >= 15 is 0 Å². The maximum Gasteiger partial charge on any atom is 0.231 e. The molecule has 1 aliphatic rings. The Labute approximate surface area is 150 Å². The largest absolute Gasteiger partial charge is 0.370 e. The summed E-state index contributed by atoms with van der Waals surface area (Å²) >= 11 is 0. The number of carbonyl (C=O) groups is 2. The average molecular weight is 346 g/mol. The van der Waals surface area contributed by atoms with Gasteiger partial charge in [0.15, 0.2) is 0 Å². The summed E-state index contributed by atoms with van der Waals surface area (Å²) in [5.41, 5.74) is 7.67. The van der Waals surface area contributed by atoms with E-state index in [4.69, 9.17) is 5.73 Å². The van der Waals surface area contributed by atoms with Crippen LogP contribution in [0.3, 0.4) is 0 Å². The van der Waals surface area contributed by atoms with E-state index in [1.807, 2.05) is 4.90 Å². The first-order chi connectivity index (χ1) is 12.0.